The van der Waals surface area contributed by atoms with Gasteiger partial charge in [0.2, 0.25) is 0 Å². The third-order valence-corrected chi connectivity index (χ3v) is 2.20. The highest BCUT2D eigenvalue weighted by Crippen LogP contribution is 2.21. The van der Waals surface area contributed by atoms with E-state index in [0.717, 1.165) is 19.1 Å². The summed E-state index contributed by atoms with van der Waals surface area (Å²) in [6, 6.07) is 0. The second-order valence-corrected chi connectivity index (χ2v) is 3.43. The normalized spacial score (nSPS) is 24.5. The average Bonchev–Trinajstić information content (AvgIpc) is 2.27. The lowest BCUT2D eigenvalue weighted by Crippen LogP contribution is -2.45. The largest absolute Gasteiger partial charge is 0.360 e. The Bertz CT molecular complexity index is 273. The predicted molar refractivity (Wildman–Crippen MR) is 57.0 cm³/mol. The highest BCUT2D eigenvalue weighted by atomic mass is 16.7. The predicted octanol–water partition coefficient (Wildman–Crippen LogP) is 1.35. The molecule has 0 spiro atoms. The molecule has 0 aromatic carbocycles. The zero-order valence-corrected chi connectivity index (χ0v) is 9.16. The van der Waals surface area contributed by atoms with E-state index in [9.17, 15) is 4.79 Å². The first kappa shape index (κ1) is 11.9. The van der Waals surface area contributed by atoms with Crippen LogP contribution in [-0.4, -0.2) is 25.9 Å². The Labute approximate surface area is 89.9 Å². The molecule has 15 heavy (non-hydrogen) atoms. The van der Waals surface area contributed by atoms with Crippen molar-refractivity contribution in [2.24, 2.45) is 0 Å². The number of ether oxygens (including phenoxy) is 2. The molecule has 84 valence electrons. The summed E-state index contributed by atoms with van der Waals surface area (Å²) in [7, 11) is 1.57. The van der Waals surface area contributed by atoms with Gasteiger partial charge in [0.15, 0.2) is 5.72 Å². The van der Waals surface area contributed by atoms with E-state index in [4.69, 9.17) is 9.47 Å². The van der Waals surface area contributed by atoms with Gasteiger partial charge in [-0.25, -0.2) is 0 Å². The standard InChI is InChI=1S/C11H17NO3/c1-3-5-11(15-9-14-2)7-10(8-13)4-6-12-11/h4,6-8,12H,3,5,9H2,1-2H3. The minimum absolute atomic E-state index is 0.198. The van der Waals surface area contributed by atoms with Crippen LogP contribution in [0.15, 0.2) is 23.9 Å². The quantitative estimate of drug-likeness (QED) is 0.532. The molecular weight excluding hydrogens is 194 g/mol. The lowest BCUT2D eigenvalue weighted by molar-refractivity contribution is -0.122. The fourth-order valence-corrected chi connectivity index (χ4v) is 1.55. The number of aldehydes is 1. The van der Waals surface area contributed by atoms with Crippen molar-refractivity contribution in [1.82, 2.24) is 5.32 Å². The zero-order chi connectivity index (χ0) is 11.1. The fraction of sp³-hybridized carbons (Fsp3) is 0.545. The molecule has 0 bridgehead atoms. The van der Waals surface area contributed by atoms with Crippen LogP contribution in [0, 0.1) is 0 Å². The summed E-state index contributed by atoms with van der Waals surface area (Å²) in [5.74, 6) is 0. The van der Waals surface area contributed by atoms with Crippen LogP contribution in [0.3, 0.4) is 0 Å². The number of carbonyl (C=O) groups is 1. The Balaban J connectivity index is 2.76. The minimum Gasteiger partial charge on any atom is -0.360 e. The molecule has 1 aliphatic heterocycles. The first-order valence-corrected chi connectivity index (χ1v) is 5.01. The molecule has 1 unspecified atom stereocenters. The van der Waals surface area contributed by atoms with Gasteiger partial charge < -0.3 is 14.8 Å². The van der Waals surface area contributed by atoms with Gasteiger partial charge in [0.05, 0.1) is 0 Å². The van der Waals surface area contributed by atoms with Crippen LogP contribution in [0.1, 0.15) is 19.8 Å². The molecule has 0 saturated carbocycles. The number of carbonyl (C=O) groups excluding carboxylic acids is 1. The maximum absolute atomic E-state index is 10.7. The van der Waals surface area contributed by atoms with E-state index < -0.39 is 5.72 Å². The number of rotatable bonds is 6. The van der Waals surface area contributed by atoms with Crippen molar-refractivity contribution in [3.8, 4) is 0 Å². The van der Waals surface area contributed by atoms with Crippen molar-refractivity contribution in [2.45, 2.75) is 25.5 Å². The molecule has 4 heteroatoms. The first-order chi connectivity index (χ1) is 7.26. The Morgan fingerprint density at radius 3 is 3.00 bits per heavy atom. The number of dihydropyridines is 1. The molecule has 4 nitrogen and oxygen atoms in total. The molecule has 1 atom stereocenters. The topological polar surface area (TPSA) is 47.6 Å². The van der Waals surface area contributed by atoms with E-state index in [2.05, 4.69) is 12.2 Å². The molecule has 1 aliphatic rings. The van der Waals surface area contributed by atoms with Gasteiger partial charge in [0.25, 0.3) is 0 Å². The van der Waals surface area contributed by atoms with E-state index >= 15 is 0 Å². The van der Waals surface area contributed by atoms with Crippen molar-refractivity contribution in [3.63, 3.8) is 0 Å². The summed E-state index contributed by atoms with van der Waals surface area (Å²) >= 11 is 0. The van der Waals surface area contributed by atoms with Crippen LogP contribution < -0.4 is 5.32 Å². The Morgan fingerprint density at radius 1 is 1.60 bits per heavy atom. The SMILES string of the molecule is CCCC1(OCOC)C=C(C=O)C=CN1. The van der Waals surface area contributed by atoms with Crippen molar-refractivity contribution in [2.75, 3.05) is 13.9 Å². The molecule has 1 heterocycles. The second kappa shape index (κ2) is 5.68. The van der Waals surface area contributed by atoms with Crippen molar-refractivity contribution in [1.29, 1.82) is 0 Å². The third-order valence-electron chi connectivity index (χ3n) is 2.20. The maximum Gasteiger partial charge on any atom is 0.161 e. The molecule has 1 N–H and O–H groups in total. The van der Waals surface area contributed by atoms with E-state index in [0.29, 0.717) is 5.57 Å². The third kappa shape index (κ3) is 3.18. The summed E-state index contributed by atoms with van der Waals surface area (Å²) in [6.45, 7) is 2.26. The molecule has 0 amide bonds. The minimum atomic E-state index is -0.601. The summed E-state index contributed by atoms with van der Waals surface area (Å²) in [5.41, 5.74) is 0.0220. The summed E-state index contributed by atoms with van der Waals surface area (Å²) in [4.78, 5) is 10.7. The van der Waals surface area contributed by atoms with Gasteiger partial charge in [0, 0.05) is 12.7 Å². The number of hydrogen-bond acceptors (Lipinski definition) is 4. The maximum atomic E-state index is 10.7. The number of hydrogen-bond donors (Lipinski definition) is 1. The smallest absolute Gasteiger partial charge is 0.161 e. The second-order valence-electron chi connectivity index (χ2n) is 3.43. The lowest BCUT2D eigenvalue weighted by Gasteiger charge is -2.33. The van der Waals surface area contributed by atoms with Crippen LogP contribution in [-0.2, 0) is 14.3 Å². The van der Waals surface area contributed by atoms with E-state index in [-0.39, 0.29) is 6.79 Å². The number of methoxy groups -OCH3 is 1. The van der Waals surface area contributed by atoms with Gasteiger partial charge in [0.1, 0.15) is 13.1 Å². The van der Waals surface area contributed by atoms with E-state index in [1.165, 1.54) is 0 Å². The van der Waals surface area contributed by atoms with E-state index in [1.807, 2.05) is 0 Å². The Hall–Kier alpha value is -1.13. The van der Waals surface area contributed by atoms with E-state index in [1.54, 1.807) is 25.5 Å². The molecule has 0 saturated heterocycles. The van der Waals surface area contributed by atoms with Gasteiger partial charge in [-0.05, 0) is 24.8 Å². The highest BCUT2D eigenvalue weighted by molar-refractivity contribution is 5.78. The van der Waals surface area contributed by atoms with Gasteiger partial charge in [-0.1, -0.05) is 13.3 Å². The molecule has 0 aliphatic carbocycles. The van der Waals surface area contributed by atoms with Gasteiger partial charge >= 0.3 is 0 Å². The average molecular weight is 211 g/mol. The first-order valence-electron chi connectivity index (χ1n) is 5.01. The Kier molecular flexibility index (Phi) is 4.52. The summed E-state index contributed by atoms with van der Waals surface area (Å²) < 4.78 is 10.5. The van der Waals surface area contributed by atoms with Crippen LogP contribution in [0.5, 0.6) is 0 Å². The molecule has 0 radical (unpaired) electrons. The van der Waals surface area contributed by atoms with Crippen molar-refractivity contribution < 1.29 is 14.3 Å². The molecular formula is C11H17NO3. The van der Waals surface area contributed by atoms with Crippen LogP contribution in [0.25, 0.3) is 0 Å². The highest BCUT2D eigenvalue weighted by Gasteiger charge is 2.28. The molecule has 0 fully saturated rings. The monoisotopic (exact) mass is 211 g/mol. The van der Waals surface area contributed by atoms with Gasteiger partial charge in [-0.15, -0.1) is 0 Å². The van der Waals surface area contributed by atoms with Crippen LogP contribution >= 0.6 is 0 Å². The zero-order valence-electron chi connectivity index (χ0n) is 9.16. The Morgan fingerprint density at radius 2 is 2.40 bits per heavy atom. The van der Waals surface area contributed by atoms with Gasteiger partial charge in [-0.2, -0.15) is 0 Å². The van der Waals surface area contributed by atoms with Crippen LogP contribution in [0.2, 0.25) is 0 Å². The number of allylic oxidation sites excluding steroid dienone is 2. The fourth-order valence-electron chi connectivity index (χ4n) is 1.55. The summed E-state index contributed by atoms with van der Waals surface area (Å²) in [6.07, 6.45) is 7.80. The van der Waals surface area contributed by atoms with Crippen LogP contribution in [0.4, 0.5) is 0 Å². The number of nitrogens with one attached hydrogen (secondary N) is 1. The van der Waals surface area contributed by atoms with Gasteiger partial charge in [-0.3, -0.25) is 4.79 Å². The molecule has 0 aromatic heterocycles. The molecule has 1 rings (SSSR count). The summed E-state index contributed by atoms with van der Waals surface area (Å²) in [5, 5.41) is 3.11. The lowest BCUT2D eigenvalue weighted by atomic mass is 10.0. The van der Waals surface area contributed by atoms with Crippen molar-refractivity contribution in [3.05, 3.63) is 23.9 Å². The van der Waals surface area contributed by atoms with Crippen molar-refractivity contribution >= 4 is 6.29 Å². The molecule has 0 aromatic rings.